The second kappa shape index (κ2) is 5.96. The lowest BCUT2D eigenvalue weighted by atomic mass is 10.2. The summed E-state index contributed by atoms with van der Waals surface area (Å²) in [5.74, 6) is 0. The quantitative estimate of drug-likeness (QED) is 0.717. The van der Waals surface area contributed by atoms with Crippen LogP contribution in [0, 0.1) is 13.8 Å². The van der Waals surface area contributed by atoms with E-state index in [2.05, 4.69) is 26.6 Å². The molecule has 0 heterocycles. The molecule has 0 radical (unpaired) electrons. The fourth-order valence-corrected chi connectivity index (χ4v) is 2.50. The van der Waals surface area contributed by atoms with E-state index in [0.717, 1.165) is 21.3 Å². The highest BCUT2D eigenvalue weighted by molar-refractivity contribution is 9.10. The molecule has 0 fully saturated rings. The van der Waals surface area contributed by atoms with Gasteiger partial charge in [0.05, 0.1) is 11.4 Å². The molecule has 0 spiro atoms. The summed E-state index contributed by atoms with van der Waals surface area (Å²) < 4.78 is 0.758. The number of amides is 2. The molecule has 2 aromatic carbocycles. The van der Waals surface area contributed by atoms with Crippen molar-refractivity contribution < 1.29 is 4.79 Å². The predicted octanol–water partition coefficient (Wildman–Crippen LogP) is 4.29. The van der Waals surface area contributed by atoms with Gasteiger partial charge in [-0.3, -0.25) is 0 Å². The lowest BCUT2D eigenvalue weighted by molar-refractivity contribution is 0.262. The van der Waals surface area contributed by atoms with E-state index in [1.54, 1.807) is 0 Å². The van der Waals surface area contributed by atoms with Gasteiger partial charge in [0.1, 0.15) is 0 Å². The molecule has 0 bridgehead atoms. The highest BCUT2D eigenvalue weighted by Crippen LogP contribution is 2.30. The van der Waals surface area contributed by atoms with E-state index in [0.29, 0.717) is 11.4 Å². The van der Waals surface area contributed by atoms with Crippen molar-refractivity contribution in [2.24, 2.45) is 0 Å². The summed E-state index contributed by atoms with van der Waals surface area (Å²) in [5, 5.41) is 5.51. The van der Waals surface area contributed by atoms with Crippen molar-refractivity contribution in [2.45, 2.75) is 13.8 Å². The van der Waals surface area contributed by atoms with Gasteiger partial charge in [0.15, 0.2) is 0 Å². The molecule has 0 atom stereocenters. The lowest BCUT2D eigenvalue weighted by Gasteiger charge is -2.12. The van der Waals surface area contributed by atoms with Gasteiger partial charge >= 0.3 is 6.03 Å². The normalized spacial score (nSPS) is 10.2. The van der Waals surface area contributed by atoms with Crippen LogP contribution in [-0.2, 0) is 0 Å². The molecule has 0 saturated carbocycles. The Morgan fingerprint density at radius 3 is 2.30 bits per heavy atom. The van der Waals surface area contributed by atoms with Crippen LogP contribution in [0.15, 0.2) is 40.9 Å². The van der Waals surface area contributed by atoms with Crippen LogP contribution < -0.4 is 16.4 Å². The number of aryl methyl sites for hydroxylation is 2. The van der Waals surface area contributed by atoms with E-state index < -0.39 is 0 Å². The Morgan fingerprint density at radius 2 is 1.70 bits per heavy atom. The molecule has 0 aliphatic rings. The highest BCUT2D eigenvalue weighted by atomic mass is 79.9. The van der Waals surface area contributed by atoms with Gasteiger partial charge in [0.2, 0.25) is 0 Å². The summed E-state index contributed by atoms with van der Waals surface area (Å²) in [6.45, 7) is 3.94. The third-order valence-electron chi connectivity index (χ3n) is 2.81. The van der Waals surface area contributed by atoms with E-state index in [1.165, 1.54) is 0 Å². The molecule has 2 rings (SSSR count). The highest BCUT2D eigenvalue weighted by Gasteiger charge is 2.09. The fourth-order valence-electron chi connectivity index (χ4n) is 1.81. The Labute approximate surface area is 126 Å². The van der Waals surface area contributed by atoms with Crippen molar-refractivity contribution in [3.8, 4) is 0 Å². The van der Waals surface area contributed by atoms with Gasteiger partial charge in [-0.05, 0) is 59.6 Å². The standard InChI is InChI=1S/C15H16BrN3O/c1-9-3-5-11(6-4-9)18-15(20)19-14-12(16)7-10(2)8-13(14)17/h3-8H,17H2,1-2H3,(H2,18,19,20). The van der Waals surface area contributed by atoms with E-state index in [9.17, 15) is 4.79 Å². The Balaban J connectivity index is 2.10. The largest absolute Gasteiger partial charge is 0.397 e. The molecule has 0 aliphatic heterocycles. The summed E-state index contributed by atoms with van der Waals surface area (Å²) in [5.41, 5.74) is 9.90. The van der Waals surface area contributed by atoms with Crippen molar-refractivity contribution in [1.29, 1.82) is 0 Å². The third kappa shape index (κ3) is 3.51. The minimum atomic E-state index is -0.329. The molecule has 2 amide bonds. The summed E-state index contributed by atoms with van der Waals surface area (Å²) in [7, 11) is 0. The third-order valence-corrected chi connectivity index (χ3v) is 3.44. The number of carbonyl (C=O) groups excluding carboxylic acids is 1. The van der Waals surface area contributed by atoms with Crippen molar-refractivity contribution in [2.75, 3.05) is 16.4 Å². The number of nitrogens with one attached hydrogen (secondary N) is 2. The Morgan fingerprint density at radius 1 is 1.05 bits per heavy atom. The molecule has 0 aromatic heterocycles. The molecule has 20 heavy (non-hydrogen) atoms. The van der Waals surface area contributed by atoms with Gasteiger partial charge < -0.3 is 16.4 Å². The number of hydrogen-bond donors (Lipinski definition) is 3. The minimum absolute atomic E-state index is 0.329. The topological polar surface area (TPSA) is 67.2 Å². The number of carbonyl (C=O) groups is 1. The lowest BCUT2D eigenvalue weighted by Crippen LogP contribution is -2.20. The van der Waals surface area contributed by atoms with Crippen LogP contribution in [-0.4, -0.2) is 6.03 Å². The van der Waals surface area contributed by atoms with Gasteiger partial charge in [-0.2, -0.15) is 0 Å². The summed E-state index contributed by atoms with van der Waals surface area (Å²) in [4.78, 5) is 12.0. The Hall–Kier alpha value is -2.01. The summed E-state index contributed by atoms with van der Waals surface area (Å²) >= 11 is 3.40. The number of urea groups is 1. The number of hydrogen-bond acceptors (Lipinski definition) is 2. The molecule has 0 saturated heterocycles. The SMILES string of the molecule is Cc1ccc(NC(=O)Nc2c(N)cc(C)cc2Br)cc1. The van der Waals surface area contributed by atoms with Crippen LogP contribution >= 0.6 is 15.9 Å². The number of anilines is 3. The van der Waals surface area contributed by atoms with Crippen molar-refractivity contribution in [1.82, 2.24) is 0 Å². The van der Waals surface area contributed by atoms with Gasteiger partial charge in [0.25, 0.3) is 0 Å². The Bertz CT molecular complexity index is 615. The first-order valence-electron chi connectivity index (χ1n) is 6.16. The van der Waals surface area contributed by atoms with E-state index >= 15 is 0 Å². The van der Waals surface area contributed by atoms with Gasteiger partial charge in [-0.1, -0.05) is 17.7 Å². The monoisotopic (exact) mass is 333 g/mol. The van der Waals surface area contributed by atoms with Crippen LogP contribution in [0.5, 0.6) is 0 Å². The first kappa shape index (κ1) is 14.4. The van der Waals surface area contributed by atoms with E-state index in [-0.39, 0.29) is 6.03 Å². The van der Waals surface area contributed by atoms with Gasteiger partial charge in [-0.25, -0.2) is 4.79 Å². The van der Waals surface area contributed by atoms with Crippen LogP contribution in [0.2, 0.25) is 0 Å². The minimum Gasteiger partial charge on any atom is -0.397 e. The molecule has 5 heteroatoms. The fraction of sp³-hybridized carbons (Fsp3) is 0.133. The number of benzene rings is 2. The summed E-state index contributed by atoms with van der Waals surface area (Å²) in [6.07, 6.45) is 0. The molecule has 2 aromatic rings. The molecular formula is C15H16BrN3O. The first-order valence-corrected chi connectivity index (χ1v) is 6.95. The average Bonchev–Trinajstić information content (AvgIpc) is 2.36. The molecule has 0 unspecified atom stereocenters. The van der Waals surface area contributed by atoms with Crippen LogP contribution in [0.1, 0.15) is 11.1 Å². The predicted molar refractivity (Wildman–Crippen MR) is 87.1 cm³/mol. The van der Waals surface area contributed by atoms with Crippen LogP contribution in [0.4, 0.5) is 21.9 Å². The second-order valence-electron chi connectivity index (χ2n) is 4.66. The zero-order valence-corrected chi connectivity index (χ0v) is 12.9. The first-order chi connectivity index (χ1) is 9.45. The average molecular weight is 334 g/mol. The number of rotatable bonds is 2. The molecular weight excluding hydrogens is 318 g/mol. The second-order valence-corrected chi connectivity index (χ2v) is 5.51. The Kier molecular flexibility index (Phi) is 4.29. The molecule has 4 nitrogen and oxygen atoms in total. The molecule has 0 aliphatic carbocycles. The van der Waals surface area contributed by atoms with E-state index in [1.807, 2.05) is 50.2 Å². The number of halogens is 1. The van der Waals surface area contributed by atoms with Crippen molar-refractivity contribution in [3.63, 3.8) is 0 Å². The molecule has 104 valence electrons. The summed E-state index contributed by atoms with van der Waals surface area (Å²) in [6, 6.07) is 11.0. The van der Waals surface area contributed by atoms with Crippen molar-refractivity contribution in [3.05, 3.63) is 52.0 Å². The number of nitrogen functional groups attached to an aromatic ring is 1. The smallest absolute Gasteiger partial charge is 0.323 e. The zero-order chi connectivity index (χ0) is 14.7. The number of nitrogens with two attached hydrogens (primary N) is 1. The zero-order valence-electron chi connectivity index (χ0n) is 11.3. The maximum absolute atomic E-state index is 12.0. The van der Waals surface area contributed by atoms with Gasteiger partial charge in [0, 0.05) is 10.2 Å². The maximum Gasteiger partial charge on any atom is 0.323 e. The van der Waals surface area contributed by atoms with Gasteiger partial charge in [-0.15, -0.1) is 0 Å². The van der Waals surface area contributed by atoms with E-state index in [4.69, 9.17) is 5.73 Å². The maximum atomic E-state index is 12.0. The van der Waals surface area contributed by atoms with Crippen LogP contribution in [0.3, 0.4) is 0 Å². The van der Waals surface area contributed by atoms with Crippen molar-refractivity contribution >= 4 is 39.0 Å². The molecule has 4 N–H and O–H groups in total. The van der Waals surface area contributed by atoms with Crippen LogP contribution in [0.25, 0.3) is 0 Å².